The molecule has 1 radical (unpaired) electrons. The molecule has 1 heterocycles. The van der Waals surface area contributed by atoms with Crippen LogP contribution in [0.25, 0.3) is 0 Å². The molecule has 0 spiro atoms. The molecule has 3 heteroatoms. The van der Waals surface area contributed by atoms with Gasteiger partial charge in [-0.05, 0) is 25.2 Å². The Morgan fingerprint density at radius 3 is 2.61 bits per heavy atom. The van der Waals surface area contributed by atoms with Crippen molar-refractivity contribution in [2.75, 3.05) is 0 Å². The zero-order chi connectivity index (χ0) is 12.5. The summed E-state index contributed by atoms with van der Waals surface area (Å²) >= 11 is 0. The molecule has 3 nitrogen and oxygen atoms in total. The van der Waals surface area contributed by atoms with Crippen molar-refractivity contribution in [2.24, 2.45) is 17.8 Å². The van der Waals surface area contributed by atoms with E-state index in [1.807, 2.05) is 24.3 Å². The van der Waals surface area contributed by atoms with Gasteiger partial charge in [0.05, 0.1) is 11.8 Å². The summed E-state index contributed by atoms with van der Waals surface area (Å²) in [6.45, 7) is 0. The minimum absolute atomic E-state index is 0.189. The van der Waals surface area contributed by atoms with Gasteiger partial charge in [0.25, 0.3) is 0 Å². The first kappa shape index (κ1) is 11.5. The van der Waals surface area contributed by atoms with Gasteiger partial charge in [-0.1, -0.05) is 36.0 Å². The Kier molecular flexibility index (Phi) is 2.90. The number of hydrogen-bond donors (Lipinski definition) is 0. The van der Waals surface area contributed by atoms with E-state index in [0.717, 1.165) is 19.3 Å². The van der Waals surface area contributed by atoms with Gasteiger partial charge in [0.2, 0.25) is 0 Å². The van der Waals surface area contributed by atoms with Crippen LogP contribution in [0.5, 0.6) is 0 Å². The van der Waals surface area contributed by atoms with Gasteiger partial charge in [0.1, 0.15) is 0 Å². The first-order valence-corrected chi connectivity index (χ1v) is 6.39. The monoisotopic (exact) mass is 243 g/mol. The molecule has 2 aliphatic carbocycles. The van der Waals surface area contributed by atoms with Gasteiger partial charge >= 0.3 is 11.9 Å². The molecular formula is C15H15O3. The molecule has 2 fully saturated rings. The second-order valence-electron chi connectivity index (χ2n) is 5.07. The predicted octanol–water partition coefficient (Wildman–Crippen LogP) is 2.36. The minimum Gasteiger partial charge on any atom is -0.393 e. The average Bonchev–Trinajstić information content (AvgIpc) is 2.61. The van der Waals surface area contributed by atoms with E-state index < -0.39 is 0 Å². The SMILES string of the molecule is O=C1OC(=O)C2CC(C3=CC=CC=C[CH]3)CCC12. The number of hydrogen-bond acceptors (Lipinski definition) is 3. The second-order valence-corrected chi connectivity index (χ2v) is 5.07. The molecule has 0 aromatic heterocycles. The molecule has 0 aromatic carbocycles. The van der Waals surface area contributed by atoms with Crippen LogP contribution >= 0.6 is 0 Å². The lowest BCUT2D eigenvalue weighted by molar-refractivity contribution is -0.153. The molecule has 0 aromatic rings. The molecule has 1 saturated heterocycles. The fourth-order valence-corrected chi connectivity index (χ4v) is 3.06. The Morgan fingerprint density at radius 1 is 0.944 bits per heavy atom. The maximum Gasteiger partial charge on any atom is 0.317 e. The highest BCUT2D eigenvalue weighted by Gasteiger charge is 2.47. The molecule has 0 N–H and O–H groups in total. The molecule has 1 aliphatic heterocycles. The van der Waals surface area contributed by atoms with E-state index in [1.54, 1.807) is 0 Å². The third-order valence-electron chi connectivity index (χ3n) is 4.04. The number of carbonyl (C=O) groups is 2. The van der Waals surface area contributed by atoms with Crippen molar-refractivity contribution in [3.05, 3.63) is 42.4 Å². The van der Waals surface area contributed by atoms with Crippen LogP contribution in [-0.2, 0) is 14.3 Å². The lowest BCUT2D eigenvalue weighted by Crippen LogP contribution is -2.27. The summed E-state index contributed by atoms with van der Waals surface area (Å²) in [6.07, 6.45) is 14.6. The van der Waals surface area contributed by atoms with Crippen molar-refractivity contribution >= 4 is 11.9 Å². The summed E-state index contributed by atoms with van der Waals surface area (Å²) < 4.78 is 4.73. The molecule has 3 unspecified atom stereocenters. The molecule has 0 amide bonds. The number of allylic oxidation sites excluding steroid dienone is 6. The first-order chi connectivity index (χ1) is 8.75. The second kappa shape index (κ2) is 4.56. The van der Waals surface area contributed by atoms with E-state index in [0.29, 0.717) is 5.92 Å². The highest BCUT2D eigenvalue weighted by Crippen LogP contribution is 2.42. The smallest absolute Gasteiger partial charge is 0.317 e. The van der Waals surface area contributed by atoms with E-state index >= 15 is 0 Å². The fraction of sp³-hybridized carbons (Fsp3) is 0.400. The van der Waals surface area contributed by atoms with Gasteiger partial charge in [-0.15, -0.1) is 0 Å². The lowest BCUT2D eigenvalue weighted by atomic mass is 9.72. The largest absolute Gasteiger partial charge is 0.393 e. The highest BCUT2D eigenvalue weighted by atomic mass is 16.6. The summed E-state index contributed by atoms with van der Waals surface area (Å²) in [5.41, 5.74) is 1.24. The Bertz CT molecular complexity index is 470. The van der Waals surface area contributed by atoms with E-state index in [1.165, 1.54) is 5.57 Å². The lowest BCUT2D eigenvalue weighted by Gasteiger charge is -2.29. The van der Waals surface area contributed by atoms with Crippen molar-refractivity contribution in [1.82, 2.24) is 0 Å². The van der Waals surface area contributed by atoms with Gasteiger partial charge in [-0.3, -0.25) is 9.59 Å². The average molecular weight is 243 g/mol. The summed E-state index contributed by atoms with van der Waals surface area (Å²) in [5, 5.41) is 0. The van der Waals surface area contributed by atoms with Crippen LogP contribution in [0.1, 0.15) is 19.3 Å². The van der Waals surface area contributed by atoms with Crippen LogP contribution in [0.2, 0.25) is 0 Å². The van der Waals surface area contributed by atoms with Crippen molar-refractivity contribution in [3.8, 4) is 0 Å². The van der Waals surface area contributed by atoms with Crippen LogP contribution in [0.4, 0.5) is 0 Å². The molecule has 18 heavy (non-hydrogen) atoms. The Morgan fingerprint density at radius 2 is 1.72 bits per heavy atom. The maximum atomic E-state index is 11.6. The van der Waals surface area contributed by atoms with Gasteiger partial charge in [-0.2, -0.15) is 0 Å². The van der Waals surface area contributed by atoms with E-state index in [-0.39, 0.29) is 23.8 Å². The van der Waals surface area contributed by atoms with Crippen LogP contribution in [0, 0.1) is 24.2 Å². The van der Waals surface area contributed by atoms with Gasteiger partial charge in [0.15, 0.2) is 0 Å². The van der Waals surface area contributed by atoms with Gasteiger partial charge in [0, 0.05) is 6.42 Å². The van der Waals surface area contributed by atoms with Crippen molar-refractivity contribution in [2.45, 2.75) is 19.3 Å². The molecule has 3 atom stereocenters. The summed E-state index contributed by atoms with van der Waals surface area (Å²) in [5.74, 6) is -0.692. The molecule has 3 rings (SSSR count). The fourth-order valence-electron chi connectivity index (χ4n) is 3.06. The number of rotatable bonds is 1. The van der Waals surface area contributed by atoms with Crippen LogP contribution in [0.15, 0.2) is 36.0 Å². The van der Waals surface area contributed by atoms with Crippen molar-refractivity contribution in [3.63, 3.8) is 0 Å². The molecule has 93 valence electrons. The number of esters is 2. The molecule has 3 aliphatic rings. The molecule has 0 bridgehead atoms. The van der Waals surface area contributed by atoms with E-state index in [4.69, 9.17) is 4.74 Å². The summed E-state index contributed by atoms with van der Waals surface area (Å²) in [6, 6.07) is 0. The first-order valence-electron chi connectivity index (χ1n) is 6.39. The highest BCUT2D eigenvalue weighted by molar-refractivity contribution is 5.96. The third kappa shape index (κ3) is 1.94. The zero-order valence-corrected chi connectivity index (χ0v) is 10.0. The van der Waals surface area contributed by atoms with Gasteiger partial charge in [-0.25, -0.2) is 0 Å². The van der Waals surface area contributed by atoms with Gasteiger partial charge < -0.3 is 4.74 Å². The quantitative estimate of drug-likeness (QED) is 0.524. The number of cyclic esters (lactones) is 2. The number of fused-ring (bicyclic) bond motifs is 1. The minimum atomic E-state index is -0.324. The maximum absolute atomic E-state index is 11.6. The predicted molar refractivity (Wildman–Crippen MR) is 66.1 cm³/mol. The standard InChI is InChI=1S/C15H15O3/c16-14-12-8-7-11(9-13(12)15(17)18-14)10-5-3-1-2-4-6-10/h1-6,11-13H,7-9H2. The zero-order valence-electron chi connectivity index (χ0n) is 10.0. The Hall–Kier alpha value is -1.64. The third-order valence-corrected chi connectivity index (χ3v) is 4.04. The van der Waals surface area contributed by atoms with Crippen LogP contribution in [0.3, 0.4) is 0 Å². The summed E-state index contributed by atoms with van der Waals surface area (Å²) in [7, 11) is 0. The topological polar surface area (TPSA) is 43.4 Å². The van der Waals surface area contributed by atoms with E-state index in [9.17, 15) is 9.59 Å². The number of ether oxygens (including phenoxy) is 1. The normalized spacial score (nSPS) is 34.9. The van der Waals surface area contributed by atoms with E-state index in [2.05, 4.69) is 12.5 Å². The summed E-state index contributed by atoms with van der Waals surface area (Å²) in [4.78, 5) is 23.1. The molecule has 1 saturated carbocycles. The Labute approximate surface area is 106 Å². The van der Waals surface area contributed by atoms with Crippen LogP contribution in [-0.4, -0.2) is 11.9 Å². The van der Waals surface area contributed by atoms with Crippen molar-refractivity contribution < 1.29 is 14.3 Å². The Balaban J connectivity index is 1.76. The number of carbonyl (C=O) groups excluding carboxylic acids is 2. The molecular weight excluding hydrogens is 228 g/mol. The van der Waals surface area contributed by atoms with Crippen LogP contribution < -0.4 is 0 Å². The van der Waals surface area contributed by atoms with Crippen molar-refractivity contribution in [1.29, 1.82) is 0 Å².